The van der Waals surface area contributed by atoms with E-state index in [9.17, 15) is 9.18 Å². The van der Waals surface area contributed by atoms with Crippen LogP contribution in [-0.4, -0.2) is 27.6 Å². The van der Waals surface area contributed by atoms with E-state index in [1.807, 2.05) is 0 Å². The Hall–Kier alpha value is -2.31. The zero-order chi connectivity index (χ0) is 12.1. The van der Waals surface area contributed by atoms with Gasteiger partial charge in [0.25, 0.3) is 5.91 Å². The van der Waals surface area contributed by atoms with Crippen LogP contribution in [0.5, 0.6) is 0 Å². The van der Waals surface area contributed by atoms with E-state index in [0.717, 1.165) is 6.07 Å². The summed E-state index contributed by atoms with van der Waals surface area (Å²) >= 11 is 0. The van der Waals surface area contributed by atoms with Crippen molar-refractivity contribution in [3.8, 4) is 0 Å². The Morgan fingerprint density at radius 1 is 1.41 bits per heavy atom. The maximum Gasteiger partial charge on any atom is 0.252 e. The summed E-state index contributed by atoms with van der Waals surface area (Å²) in [7, 11) is 0. The van der Waals surface area contributed by atoms with Crippen LogP contribution in [-0.2, 0) is 6.42 Å². The molecule has 0 aliphatic rings. The number of hydrogen-bond acceptors (Lipinski definition) is 5. The molecule has 0 aliphatic carbocycles. The molecule has 88 valence electrons. The number of aromatic nitrogens is 3. The predicted molar refractivity (Wildman–Crippen MR) is 54.5 cm³/mol. The lowest BCUT2D eigenvalue weighted by atomic mass is 10.2. The molecule has 17 heavy (non-hydrogen) atoms. The SMILES string of the molecule is O=C(NCCc1ncno1)c1ccc(F)nc1. The van der Waals surface area contributed by atoms with Crippen LogP contribution in [0.2, 0.25) is 0 Å². The first-order valence-corrected chi connectivity index (χ1v) is 4.91. The van der Waals surface area contributed by atoms with Crippen molar-refractivity contribution in [1.82, 2.24) is 20.4 Å². The fraction of sp³-hybridized carbons (Fsp3) is 0.200. The molecule has 0 saturated heterocycles. The van der Waals surface area contributed by atoms with E-state index in [1.165, 1.54) is 18.6 Å². The molecule has 0 aliphatic heterocycles. The van der Waals surface area contributed by atoms with Crippen LogP contribution >= 0.6 is 0 Å². The first kappa shape index (κ1) is 11.2. The Kier molecular flexibility index (Phi) is 3.39. The number of nitrogens with one attached hydrogen (secondary N) is 1. The number of pyridine rings is 1. The molecule has 7 heteroatoms. The van der Waals surface area contributed by atoms with Gasteiger partial charge in [-0.25, -0.2) is 4.98 Å². The molecular formula is C10H9FN4O2. The average Bonchev–Trinajstić information content (AvgIpc) is 2.83. The third-order valence-electron chi connectivity index (χ3n) is 2.02. The number of rotatable bonds is 4. The smallest absolute Gasteiger partial charge is 0.252 e. The lowest BCUT2D eigenvalue weighted by molar-refractivity contribution is 0.0953. The first-order chi connectivity index (χ1) is 8.25. The fourth-order valence-corrected chi connectivity index (χ4v) is 1.20. The third kappa shape index (κ3) is 3.07. The summed E-state index contributed by atoms with van der Waals surface area (Å²) in [5.41, 5.74) is 0.303. The zero-order valence-corrected chi connectivity index (χ0v) is 8.76. The topological polar surface area (TPSA) is 80.9 Å². The Morgan fingerprint density at radius 2 is 2.29 bits per heavy atom. The molecule has 0 fully saturated rings. The molecular weight excluding hydrogens is 227 g/mol. The molecule has 2 heterocycles. The highest BCUT2D eigenvalue weighted by atomic mass is 19.1. The van der Waals surface area contributed by atoms with Crippen LogP contribution in [0.1, 0.15) is 16.2 Å². The van der Waals surface area contributed by atoms with E-state index in [0.29, 0.717) is 24.4 Å². The van der Waals surface area contributed by atoms with E-state index in [4.69, 9.17) is 4.52 Å². The lowest BCUT2D eigenvalue weighted by Crippen LogP contribution is -2.25. The summed E-state index contributed by atoms with van der Waals surface area (Å²) in [6.45, 7) is 0.360. The quantitative estimate of drug-likeness (QED) is 0.785. The highest BCUT2D eigenvalue weighted by Gasteiger charge is 2.06. The Balaban J connectivity index is 1.83. The van der Waals surface area contributed by atoms with Crippen LogP contribution in [0.15, 0.2) is 29.2 Å². The standard InChI is InChI=1S/C10H9FN4O2/c11-8-2-1-7(5-13-8)10(16)12-4-3-9-14-6-15-17-9/h1-2,5-6H,3-4H2,(H,12,16). The van der Waals surface area contributed by atoms with E-state index in [-0.39, 0.29) is 5.91 Å². The molecule has 0 aromatic carbocycles. The molecule has 2 aromatic rings. The number of carbonyl (C=O) groups excluding carboxylic acids is 1. The largest absolute Gasteiger partial charge is 0.351 e. The van der Waals surface area contributed by atoms with Gasteiger partial charge < -0.3 is 9.84 Å². The molecule has 2 rings (SSSR count). The predicted octanol–water partition coefficient (Wildman–Crippen LogP) is 0.576. The minimum absolute atomic E-state index is 0.303. The normalized spacial score (nSPS) is 10.2. The molecule has 0 spiro atoms. The number of carbonyl (C=O) groups is 1. The summed E-state index contributed by atoms with van der Waals surface area (Å²) in [6.07, 6.45) is 2.92. The highest BCUT2D eigenvalue weighted by Crippen LogP contribution is 1.99. The maximum atomic E-state index is 12.5. The maximum absolute atomic E-state index is 12.5. The highest BCUT2D eigenvalue weighted by molar-refractivity contribution is 5.93. The minimum Gasteiger partial charge on any atom is -0.351 e. The van der Waals surface area contributed by atoms with Crippen molar-refractivity contribution < 1.29 is 13.7 Å². The van der Waals surface area contributed by atoms with Gasteiger partial charge in [0.2, 0.25) is 11.8 Å². The lowest BCUT2D eigenvalue weighted by Gasteiger charge is -2.02. The molecule has 0 unspecified atom stereocenters. The van der Waals surface area contributed by atoms with Crippen LogP contribution in [0.4, 0.5) is 4.39 Å². The Labute approximate surface area is 95.9 Å². The second-order valence-electron chi connectivity index (χ2n) is 3.21. The van der Waals surface area contributed by atoms with Crippen molar-refractivity contribution >= 4 is 5.91 Å². The van der Waals surface area contributed by atoms with Gasteiger partial charge in [0.05, 0.1) is 5.56 Å². The van der Waals surface area contributed by atoms with E-state index < -0.39 is 5.95 Å². The summed E-state index contributed by atoms with van der Waals surface area (Å²) in [4.78, 5) is 18.7. The Bertz CT molecular complexity index is 484. The molecule has 1 N–H and O–H groups in total. The zero-order valence-electron chi connectivity index (χ0n) is 8.76. The van der Waals surface area contributed by atoms with Crippen molar-refractivity contribution in [2.75, 3.05) is 6.54 Å². The van der Waals surface area contributed by atoms with Crippen LogP contribution in [0.3, 0.4) is 0 Å². The summed E-state index contributed by atoms with van der Waals surface area (Å²) in [6, 6.07) is 2.50. The van der Waals surface area contributed by atoms with Crippen LogP contribution in [0.25, 0.3) is 0 Å². The van der Waals surface area contributed by atoms with Gasteiger partial charge in [0, 0.05) is 19.2 Å². The summed E-state index contributed by atoms with van der Waals surface area (Å²) in [5.74, 6) is -0.494. The monoisotopic (exact) mass is 236 g/mol. The van der Waals surface area contributed by atoms with Gasteiger partial charge in [0.15, 0.2) is 6.33 Å². The van der Waals surface area contributed by atoms with Crippen molar-refractivity contribution in [3.05, 3.63) is 42.1 Å². The van der Waals surface area contributed by atoms with E-state index in [1.54, 1.807) is 0 Å². The second kappa shape index (κ2) is 5.15. The molecule has 1 amide bonds. The number of amides is 1. The molecule has 0 radical (unpaired) electrons. The van der Waals surface area contributed by atoms with Crippen molar-refractivity contribution in [3.63, 3.8) is 0 Å². The molecule has 0 saturated carbocycles. The van der Waals surface area contributed by atoms with Gasteiger partial charge in [-0.05, 0) is 12.1 Å². The van der Waals surface area contributed by atoms with Gasteiger partial charge >= 0.3 is 0 Å². The number of hydrogen-bond donors (Lipinski definition) is 1. The molecule has 0 bridgehead atoms. The van der Waals surface area contributed by atoms with Gasteiger partial charge in [-0.3, -0.25) is 4.79 Å². The van der Waals surface area contributed by atoms with Gasteiger partial charge in [-0.1, -0.05) is 5.16 Å². The third-order valence-corrected chi connectivity index (χ3v) is 2.02. The first-order valence-electron chi connectivity index (χ1n) is 4.91. The summed E-state index contributed by atoms with van der Waals surface area (Å²) in [5, 5.41) is 6.06. The molecule has 2 aromatic heterocycles. The van der Waals surface area contributed by atoms with Crippen molar-refractivity contribution in [2.24, 2.45) is 0 Å². The van der Waals surface area contributed by atoms with Gasteiger partial charge in [-0.15, -0.1) is 0 Å². The van der Waals surface area contributed by atoms with Crippen molar-refractivity contribution in [2.45, 2.75) is 6.42 Å². The van der Waals surface area contributed by atoms with Crippen LogP contribution < -0.4 is 5.32 Å². The van der Waals surface area contributed by atoms with Crippen LogP contribution in [0, 0.1) is 5.95 Å². The van der Waals surface area contributed by atoms with Gasteiger partial charge in [0.1, 0.15) is 0 Å². The van der Waals surface area contributed by atoms with Gasteiger partial charge in [-0.2, -0.15) is 9.37 Å². The van der Waals surface area contributed by atoms with E-state index in [2.05, 4.69) is 20.4 Å². The molecule has 6 nitrogen and oxygen atoms in total. The fourth-order valence-electron chi connectivity index (χ4n) is 1.20. The second-order valence-corrected chi connectivity index (χ2v) is 3.21. The van der Waals surface area contributed by atoms with Crippen molar-refractivity contribution in [1.29, 1.82) is 0 Å². The number of nitrogens with zero attached hydrogens (tertiary/aromatic N) is 3. The average molecular weight is 236 g/mol. The minimum atomic E-state index is -0.618. The Morgan fingerprint density at radius 3 is 2.94 bits per heavy atom. The summed E-state index contributed by atoms with van der Waals surface area (Å²) < 4.78 is 17.3. The number of halogens is 1. The van der Waals surface area contributed by atoms with E-state index >= 15 is 0 Å². The molecule has 0 atom stereocenters.